The molecule has 0 heterocycles. The molecule has 0 aromatic rings. The number of nitrogens with one attached hydrogen (secondary N) is 2. The Kier molecular flexibility index (Phi) is 5.26. The van der Waals surface area contributed by atoms with Crippen LogP contribution in [0.15, 0.2) is 0 Å². The normalized spacial score (nSPS) is 8.71. The Balaban J connectivity index is 2.56. The van der Waals surface area contributed by atoms with Crippen molar-refractivity contribution in [3.05, 3.63) is 0 Å². The zero-order chi connectivity index (χ0) is 5.54. The molecule has 0 bridgehead atoms. The summed E-state index contributed by atoms with van der Waals surface area (Å²) in [4.78, 5) is 9.61. The van der Waals surface area contributed by atoms with Crippen molar-refractivity contribution in [3.8, 4) is 0 Å². The molecular weight excluding hydrogens is 92.1 g/mol. The van der Waals surface area contributed by atoms with E-state index in [-0.39, 0.29) is 0 Å². The van der Waals surface area contributed by atoms with Crippen molar-refractivity contribution < 1.29 is 4.79 Å². The van der Waals surface area contributed by atoms with Crippen LogP contribution in [0.4, 0.5) is 0 Å². The van der Waals surface area contributed by atoms with Gasteiger partial charge >= 0.3 is 0 Å². The molecule has 42 valence electrons. The van der Waals surface area contributed by atoms with Crippen molar-refractivity contribution in [1.29, 1.82) is 0 Å². The summed E-state index contributed by atoms with van der Waals surface area (Å²) < 4.78 is 0. The molecule has 0 aliphatic carbocycles. The smallest absolute Gasteiger partial charge is 0.121 e. The van der Waals surface area contributed by atoms with Crippen LogP contribution in [0.1, 0.15) is 6.42 Å². The third-order valence-corrected chi connectivity index (χ3v) is 0.564. The molecule has 0 atom stereocenters. The van der Waals surface area contributed by atoms with Crippen molar-refractivity contribution >= 4 is 6.29 Å². The standard InChI is InChI=1S/C4H10N2O/c1-5-6-3-2-4-7/h4-6H,2-3H2,1H3. The summed E-state index contributed by atoms with van der Waals surface area (Å²) in [6.45, 7) is 0.708. The lowest BCUT2D eigenvalue weighted by atomic mass is 10.5. The van der Waals surface area contributed by atoms with Gasteiger partial charge in [-0.2, -0.15) is 0 Å². The Hall–Kier alpha value is -0.410. The van der Waals surface area contributed by atoms with Gasteiger partial charge in [-0.15, -0.1) is 0 Å². The molecule has 2 N–H and O–H groups in total. The van der Waals surface area contributed by atoms with Crippen LogP contribution in [0.3, 0.4) is 0 Å². The zero-order valence-electron chi connectivity index (χ0n) is 4.40. The number of hydrazine groups is 1. The minimum Gasteiger partial charge on any atom is -0.303 e. The van der Waals surface area contributed by atoms with Crippen molar-refractivity contribution in [2.75, 3.05) is 13.6 Å². The molecule has 0 saturated heterocycles. The molecule has 0 rings (SSSR count). The molecule has 3 heteroatoms. The predicted molar refractivity (Wildman–Crippen MR) is 27.7 cm³/mol. The van der Waals surface area contributed by atoms with Gasteiger partial charge in [0.25, 0.3) is 0 Å². The molecule has 0 unspecified atom stereocenters. The molecule has 0 spiro atoms. The van der Waals surface area contributed by atoms with Crippen LogP contribution in [-0.2, 0) is 4.79 Å². The van der Waals surface area contributed by atoms with E-state index in [1.165, 1.54) is 0 Å². The van der Waals surface area contributed by atoms with Crippen LogP contribution in [0.5, 0.6) is 0 Å². The maximum Gasteiger partial charge on any atom is 0.121 e. The second-order valence-corrected chi connectivity index (χ2v) is 1.13. The van der Waals surface area contributed by atoms with Crippen molar-refractivity contribution in [3.63, 3.8) is 0 Å². The Morgan fingerprint density at radius 1 is 1.71 bits per heavy atom. The minimum absolute atomic E-state index is 0.570. The number of carbonyl (C=O) groups is 1. The van der Waals surface area contributed by atoms with E-state index in [1.807, 2.05) is 0 Å². The van der Waals surface area contributed by atoms with Crippen molar-refractivity contribution in [2.24, 2.45) is 0 Å². The molecule has 0 radical (unpaired) electrons. The summed E-state index contributed by atoms with van der Waals surface area (Å²) in [5.74, 6) is 0. The largest absolute Gasteiger partial charge is 0.303 e. The average Bonchev–Trinajstić information content (AvgIpc) is 1.69. The number of rotatable bonds is 4. The van der Waals surface area contributed by atoms with E-state index >= 15 is 0 Å². The maximum absolute atomic E-state index is 9.61. The van der Waals surface area contributed by atoms with E-state index in [0.717, 1.165) is 6.29 Å². The molecular formula is C4H10N2O. The van der Waals surface area contributed by atoms with Gasteiger partial charge in [-0.25, -0.2) is 0 Å². The fraction of sp³-hybridized carbons (Fsp3) is 0.750. The lowest BCUT2D eigenvalue weighted by Crippen LogP contribution is -2.28. The SMILES string of the molecule is CNNCCC=O. The summed E-state index contributed by atoms with van der Waals surface area (Å²) in [5.41, 5.74) is 5.46. The van der Waals surface area contributed by atoms with Gasteiger partial charge < -0.3 is 4.79 Å². The van der Waals surface area contributed by atoms with Gasteiger partial charge in [-0.1, -0.05) is 0 Å². The van der Waals surface area contributed by atoms with E-state index in [4.69, 9.17) is 0 Å². The van der Waals surface area contributed by atoms with Crippen LogP contribution in [0, 0.1) is 0 Å². The number of aldehydes is 1. The van der Waals surface area contributed by atoms with Crippen molar-refractivity contribution in [2.45, 2.75) is 6.42 Å². The van der Waals surface area contributed by atoms with E-state index in [1.54, 1.807) is 7.05 Å². The molecule has 0 aromatic heterocycles. The van der Waals surface area contributed by atoms with Crippen molar-refractivity contribution in [1.82, 2.24) is 10.9 Å². The predicted octanol–water partition coefficient (Wildman–Crippen LogP) is -0.701. The average molecular weight is 102 g/mol. The second-order valence-electron chi connectivity index (χ2n) is 1.13. The number of carbonyl (C=O) groups excluding carboxylic acids is 1. The fourth-order valence-corrected chi connectivity index (χ4v) is 0.256. The first kappa shape index (κ1) is 6.59. The molecule has 0 aliphatic rings. The molecule has 0 amide bonds. The maximum atomic E-state index is 9.61. The van der Waals surface area contributed by atoms with Crippen LogP contribution in [-0.4, -0.2) is 19.9 Å². The molecule has 3 nitrogen and oxygen atoms in total. The quantitative estimate of drug-likeness (QED) is 0.280. The first-order valence-corrected chi connectivity index (χ1v) is 2.25. The van der Waals surface area contributed by atoms with Gasteiger partial charge in [-0.05, 0) is 7.05 Å². The highest BCUT2D eigenvalue weighted by molar-refractivity contribution is 5.49. The summed E-state index contributed by atoms with van der Waals surface area (Å²) in [5, 5.41) is 0. The second kappa shape index (κ2) is 5.59. The first-order valence-electron chi connectivity index (χ1n) is 2.25. The molecule has 0 fully saturated rings. The Labute approximate surface area is 43.1 Å². The molecule has 0 saturated carbocycles. The van der Waals surface area contributed by atoms with Crippen LogP contribution < -0.4 is 10.9 Å². The van der Waals surface area contributed by atoms with Gasteiger partial charge in [-0.3, -0.25) is 10.9 Å². The third kappa shape index (κ3) is 5.59. The van der Waals surface area contributed by atoms with Gasteiger partial charge in [0.15, 0.2) is 0 Å². The summed E-state index contributed by atoms with van der Waals surface area (Å²) >= 11 is 0. The highest BCUT2D eigenvalue weighted by Gasteiger charge is 1.76. The minimum atomic E-state index is 0.570. The monoisotopic (exact) mass is 102 g/mol. The summed E-state index contributed by atoms with van der Waals surface area (Å²) in [7, 11) is 1.77. The highest BCUT2D eigenvalue weighted by atomic mass is 16.1. The molecule has 0 aromatic carbocycles. The van der Waals surface area contributed by atoms with E-state index < -0.39 is 0 Å². The Morgan fingerprint density at radius 2 is 2.43 bits per heavy atom. The highest BCUT2D eigenvalue weighted by Crippen LogP contribution is 1.60. The van der Waals surface area contributed by atoms with Gasteiger partial charge in [0.1, 0.15) is 6.29 Å². The zero-order valence-corrected chi connectivity index (χ0v) is 4.40. The van der Waals surface area contributed by atoms with E-state index in [9.17, 15) is 4.79 Å². The Bertz CT molecular complexity index is 47.0. The van der Waals surface area contributed by atoms with Crippen LogP contribution >= 0.6 is 0 Å². The first-order chi connectivity index (χ1) is 3.41. The number of hydrogen-bond donors (Lipinski definition) is 2. The van der Waals surface area contributed by atoms with Gasteiger partial charge in [0.2, 0.25) is 0 Å². The topological polar surface area (TPSA) is 41.1 Å². The third-order valence-electron chi connectivity index (χ3n) is 0.564. The van der Waals surface area contributed by atoms with Gasteiger partial charge in [0, 0.05) is 13.0 Å². The van der Waals surface area contributed by atoms with Crippen LogP contribution in [0.25, 0.3) is 0 Å². The van der Waals surface area contributed by atoms with Gasteiger partial charge in [0.05, 0.1) is 0 Å². The molecule has 7 heavy (non-hydrogen) atoms. The van der Waals surface area contributed by atoms with Crippen LogP contribution in [0.2, 0.25) is 0 Å². The summed E-state index contributed by atoms with van der Waals surface area (Å²) in [6.07, 6.45) is 1.45. The number of hydrogen-bond acceptors (Lipinski definition) is 3. The Morgan fingerprint density at radius 3 is 2.86 bits per heavy atom. The summed E-state index contributed by atoms with van der Waals surface area (Å²) in [6, 6.07) is 0. The van der Waals surface area contributed by atoms with E-state index in [2.05, 4.69) is 10.9 Å². The fourth-order valence-electron chi connectivity index (χ4n) is 0.256. The van der Waals surface area contributed by atoms with E-state index in [0.29, 0.717) is 13.0 Å². The molecule has 0 aliphatic heterocycles. The lowest BCUT2D eigenvalue weighted by molar-refractivity contribution is -0.107. The lowest BCUT2D eigenvalue weighted by Gasteiger charge is -1.93.